The number of fused-ring (bicyclic) bond motifs is 1. The second kappa shape index (κ2) is 6.02. The molecule has 0 aromatic heterocycles. The van der Waals surface area contributed by atoms with Gasteiger partial charge in [-0.25, -0.2) is 9.69 Å². The molecule has 0 spiro atoms. The van der Waals surface area contributed by atoms with E-state index in [1.165, 1.54) is 18.2 Å². The van der Waals surface area contributed by atoms with Gasteiger partial charge in [-0.2, -0.15) is 0 Å². The number of esters is 1. The average molecular weight is 350 g/mol. The van der Waals surface area contributed by atoms with E-state index in [1.54, 1.807) is 24.3 Å². The number of halogens is 2. The summed E-state index contributed by atoms with van der Waals surface area (Å²) in [4.78, 5) is 37.2. The first-order chi connectivity index (χ1) is 11.0. The molecule has 2 amide bonds. The zero-order valence-corrected chi connectivity index (χ0v) is 13.1. The van der Waals surface area contributed by atoms with Gasteiger partial charge in [-0.15, -0.1) is 0 Å². The van der Waals surface area contributed by atoms with Gasteiger partial charge in [0.2, 0.25) is 0 Å². The van der Waals surface area contributed by atoms with E-state index < -0.39 is 24.5 Å². The summed E-state index contributed by atoms with van der Waals surface area (Å²) in [7, 11) is 0. The van der Waals surface area contributed by atoms with Crippen LogP contribution < -0.4 is 0 Å². The minimum Gasteiger partial charge on any atom is -0.440 e. The molecule has 7 heteroatoms. The summed E-state index contributed by atoms with van der Waals surface area (Å²) < 4.78 is 5.02. The molecule has 3 rings (SSSR count). The van der Waals surface area contributed by atoms with Gasteiger partial charge >= 0.3 is 5.97 Å². The summed E-state index contributed by atoms with van der Waals surface area (Å²) in [6, 6.07) is 10.8. The van der Waals surface area contributed by atoms with Gasteiger partial charge in [0, 0.05) is 5.02 Å². The van der Waals surface area contributed by atoms with Crippen LogP contribution in [-0.4, -0.2) is 29.4 Å². The van der Waals surface area contributed by atoms with Crippen LogP contribution in [0.1, 0.15) is 31.1 Å². The van der Waals surface area contributed by atoms with Gasteiger partial charge in [0.05, 0.1) is 21.7 Å². The minimum absolute atomic E-state index is 0.0655. The lowest BCUT2D eigenvalue weighted by atomic mass is 10.1. The quantitative estimate of drug-likeness (QED) is 0.629. The normalized spacial score (nSPS) is 13.2. The highest BCUT2D eigenvalue weighted by molar-refractivity contribution is 6.35. The second-order valence-corrected chi connectivity index (χ2v) is 5.61. The Morgan fingerprint density at radius 1 is 1.00 bits per heavy atom. The van der Waals surface area contributed by atoms with Gasteiger partial charge in [0.15, 0.2) is 6.73 Å². The summed E-state index contributed by atoms with van der Waals surface area (Å²) in [5.41, 5.74) is 0.638. The molecule has 0 saturated carbocycles. The number of carbonyl (C=O) groups is 3. The van der Waals surface area contributed by atoms with E-state index in [0.717, 1.165) is 4.90 Å². The summed E-state index contributed by atoms with van der Waals surface area (Å²) >= 11 is 11.7. The van der Waals surface area contributed by atoms with Crippen molar-refractivity contribution in [3.8, 4) is 0 Å². The molecule has 0 fully saturated rings. The first kappa shape index (κ1) is 15.5. The number of amides is 2. The van der Waals surface area contributed by atoms with Crippen molar-refractivity contribution in [2.24, 2.45) is 0 Å². The van der Waals surface area contributed by atoms with Crippen molar-refractivity contribution in [1.82, 2.24) is 4.90 Å². The lowest BCUT2D eigenvalue weighted by molar-refractivity contribution is 0.0228. The third-order valence-corrected chi connectivity index (χ3v) is 3.92. The zero-order chi connectivity index (χ0) is 16.6. The van der Waals surface area contributed by atoms with E-state index in [1.807, 2.05) is 0 Å². The Kier molecular flexibility index (Phi) is 4.07. The monoisotopic (exact) mass is 349 g/mol. The first-order valence-corrected chi connectivity index (χ1v) is 7.32. The lowest BCUT2D eigenvalue weighted by Crippen LogP contribution is -2.33. The van der Waals surface area contributed by atoms with Crippen LogP contribution in [0.15, 0.2) is 42.5 Å². The third kappa shape index (κ3) is 2.81. The van der Waals surface area contributed by atoms with Crippen LogP contribution in [-0.2, 0) is 4.74 Å². The van der Waals surface area contributed by atoms with Gasteiger partial charge in [0.25, 0.3) is 11.8 Å². The van der Waals surface area contributed by atoms with Gasteiger partial charge in [-0.05, 0) is 30.3 Å². The van der Waals surface area contributed by atoms with Crippen LogP contribution in [0.3, 0.4) is 0 Å². The Bertz CT molecular complexity index is 800. The molecule has 1 aliphatic heterocycles. The number of hydrogen-bond donors (Lipinski definition) is 0. The van der Waals surface area contributed by atoms with E-state index in [-0.39, 0.29) is 21.7 Å². The van der Waals surface area contributed by atoms with Crippen molar-refractivity contribution in [3.63, 3.8) is 0 Å². The molecule has 23 heavy (non-hydrogen) atoms. The largest absolute Gasteiger partial charge is 0.440 e. The van der Waals surface area contributed by atoms with E-state index in [2.05, 4.69) is 0 Å². The van der Waals surface area contributed by atoms with Crippen LogP contribution in [0, 0.1) is 0 Å². The van der Waals surface area contributed by atoms with Crippen molar-refractivity contribution < 1.29 is 19.1 Å². The van der Waals surface area contributed by atoms with Crippen molar-refractivity contribution in [2.45, 2.75) is 0 Å². The number of ether oxygens (including phenoxy) is 1. The number of benzene rings is 2. The van der Waals surface area contributed by atoms with Gasteiger partial charge in [-0.1, -0.05) is 35.3 Å². The topological polar surface area (TPSA) is 63.7 Å². The van der Waals surface area contributed by atoms with Gasteiger partial charge in [-0.3, -0.25) is 9.59 Å². The van der Waals surface area contributed by atoms with Crippen molar-refractivity contribution in [1.29, 1.82) is 0 Å². The molecular formula is C16H9Cl2NO4. The maximum absolute atomic E-state index is 12.1. The Balaban J connectivity index is 1.75. The molecule has 0 unspecified atom stereocenters. The Morgan fingerprint density at radius 2 is 1.61 bits per heavy atom. The maximum Gasteiger partial charge on any atom is 0.341 e. The van der Waals surface area contributed by atoms with Crippen molar-refractivity contribution in [3.05, 3.63) is 69.2 Å². The molecule has 116 valence electrons. The number of rotatable bonds is 3. The summed E-state index contributed by atoms with van der Waals surface area (Å²) in [6.45, 7) is -0.492. The summed E-state index contributed by atoms with van der Waals surface area (Å²) in [5, 5.41) is 0.490. The molecule has 2 aromatic rings. The van der Waals surface area contributed by atoms with Crippen LogP contribution in [0.25, 0.3) is 0 Å². The first-order valence-electron chi connectivity index (χ1n) is 6.56. The van der Waals surface area contributed by atoms with Gasteiger partial charge < -0.3 is 4.74 Å². The predicted octanol–water partition coefficient (Wildman–Crippen LogP) is 3.40. The van der Waals surface area contributed by atoms with Crippen molar-refractivity contribution in [2.75, 3.05) is 6.73 Å². The molecule has 1 heterocycles. The molecule has 0 N–H and O–H groups in total. The van der Waals surface area contributed by atoms with Crippen LogP contribution in [0.4, 0.5) is 0 Å². The molecule has 0 radical (unpaired) electrons. The molecule has 2 aromatic carbocycles. The van der Waals surface area contributed by atoms with Crippen LogP contribution >= 0.6 is 23.2 Å². The summed E-state index contributed by atoms with van der Waals surface area (Å²) in [5.74, 6) is -1.78. The predicted molar refractivity (Wildman–Crippen MR) is 83.7 cm³/mol. The highest BCUT2D eigenvalue weighted by Gasteiger charge is 2.35. The number of hydrogen-bond acceptors (Lipinski definition) is 4. The fraction of sp³-hybridized carbons (Fsp3) is 0.0625. The minimum atomic E-state index is -0.769. The fourth-order valence-electron chi connectivity index (χ4n) is 2.21. The Hall–Kier alpha value is -2.37. The highest BCUT2D eigenvalue weighted by atomic mass is 35.5. The lowest BCUT2D eigenvalue weighted by Gasteiger charge is -2.14. The Morgan fingerprint density at radius 3 is 2.22 bits per heavy atom. The molecule has 0 atom stereocenters. The average Bonchev–Trinajstić information content (AvgIpc) is 2.79. The molecule has 1 aliphatic rings. The smallest absolute Gasteiger partial charge is 0.341 e. The van der Waals surface area contributed by atoms with Gasteiger partial charge in [0.1, 0.15) is 0 Å². The third-order valence-electron chi connectivity index (χ3n) is 3.35. The standard InChI is InChI=1S/C16H9Cl2NO4/c17-9-5-6-13(18)12(7-9)16(22)23-8-19-14(20)10-3-1-2-4-11(10)15(19)21/h1-7H,8H2. The molecular weight excluding hydrogens is 341 g/mol. The number of nitrogens with zero attached hydrogens (tertiary/aromatic N) is 1. The molecule has 0 aliphatic carbocycles. The number of carbonyl (C=O) groups excluding carboxylic acids is 3. The van der Waals surface area contributed by atoms with Crippen molar-refractivity contribution >= 4 is 41.0 Å². The fourth-order valence-corrected chi connectivity index (χ4v) is 2.58. The summed E-state index contributed by atoms with van der Waals surface area (Å²) in [6.07, 6.45) is 0. The molecule has 0 bridgehead atoms. The second-order valence-electron chi connectivity index (χ2n) is 4.77. The zero-order valence-electron chi connectivity index (χ0n) is 11.6. The Labute approximate surface area is 141 Å². The maximum atomic E-state index is 12.1. The van der Waals surface area contributed by atoms with E-state index in [0.29, 0.717) is 5.02 Å². The number of imide groups is 1. The van der Waals surface area contributed by atoms with E-state index in [4.69, 9.17) is 27.9 Å². The molecule has 0 saturated heterocycles. The van der Waals surface area contributed by atoms with Crippen LogP contribution in [0.2, 0.25) is 10.0 Å². The van der Waals surface area contributed by atoms with Crippen LogP contribution in [0.5, 0.6) is 0 Å². The molecule has 5 nitrogen and oxygen atoms in total. The van der Waals surface area contributed by atoms with E-state index >= 15 is 0 Å². The highest BCUT2D eigenvalue weighted by Crippen LogP contribution is 2.24. The van der Waals surface area contributed by atoms with E-state index in [9.17, 15) is 14.4 Å². The SMILES string of the molecule is O=C(OCN1C(=O)c2ccccc2C1=O)c1cc(Cl)ccc1Cl.